The van der Waals surface area contributed by atoms with Crippen molar-refractivity contribution in [3.05, 3.63) is 72.4 Å². The molecule has 210 valence electrons. The zero-order valence-corrected chi connectivity index (χ0v) is 23.1. The van der Waals surface area contributed by atoms with Crippen LogP contribution in [0.5, 0.6) is 0 Å². The molecule has 0 radical (unpaired) electrons. The van der Waals surface area contributed by atoms with Gasteiger partial charge < -0.3 is 20.1 Å². The van der Waals surface area contributed by atoms with Crippen molar-refractivity contribution < 1.29 is 18.3 Å². The molecule has 0 atom stereocenters. The molecule has 11 heteroatoms. The highest BCUT2D eigenvalue weighted by atomic mass is 32.2. The Hall–Kier alpha value is -3.35. The minimum atomic E-state index is -3.61. The molecule has 0 spiro atoms. The number of aliphatic hydroxyl groups excluding tert-OH is 1. The maximum absolute atomic E-state index is 13.2. The maximum atomic E-state index is 13.2. The number of piperidine rings is 1. The number of fused-ring (bicyclic) bond motifs is 1. The van der Waals surface area contributed by atoms with E-state index in [4.69, 9.17) is 9.84 Å². The van der Waals surface area contributed by atoms with Crippen molar-refractivity contribution in [1.82, 2.24) is 23.8 Å². The Morgan fingerprint density at radius 2 is 1.75 bits per heavy atom. The fraction of sp³-hybridized carbons (Fsp3) is 0.379. The summed E-state index contributed by atoms with van der Waals surface area (Å²) in [6, 6.07) is 19.3. The van der Waals surface area contributed by atoms with Crippen molar-refractivity contribution in [2.24, 2.45) is 0 Å². The minimum absolute atomic E-state index is 0.215. The van der Waals surface area contributed by atoms with E-state index in [1.807, 2.05) is 18.2 Å². The second-order valence-electron chi connectivity index (χ2n) is 10.3. The molecule has 0 saturated carbocycles. The van der Waals surface area contributed by atoms with Crippen LogP contribution in [0.15, 0.2) is 71.8 Å². The van der Waals surface area contributed by atoms with Crippen LogP contribution >= 0.6 is 0 Å². The van der Waals surface area contributed by atoms with Gasteiger partial charge in [-0.05, 0) is 73.8 Å². The number of morpholine rings is 1. The molecular formula is C29H34N6O4S. The summed E-state index contributed by atoms with van der Waals surface area (Å²) in [5, 5.41) is 17.2. The second kappa shape index (κ2) is 11.6. The molecule has 2 saturated heterocycles. The standard InChI is InChI=1S/C29H34N6O4S/c36-17-14-33-12-10-23(11-13-33)22-4-6-25(7-5-22)31-29-30-21-26-8-9-28(35(26)32-29)24-2-1-3-27(20-24)40(37,38)34-15-18-39-19-16-34/h1-9,20-21,23,36H,10-19H2,(H,31,32). The second-order valence-corrected chi connectivity index (χ2v) is 12.2. The lowest BCUT2D eigenvalue weighted by Gasteiger charge is -2.31. The topological polar surface area (TPSA) is 112 Å². The Bertz CT molecular complexity index is 1560. The first-order valence-electron chi connectivity index (χ1n) is 13.7. The van der Waals surface area contributed by atoms with E-state index in [9.17, 15) is 13.5 Å². The zero-order chi connectivity index (χ0) is 27.5. The third kappa shape index (κ3) is 5.61. The number of nitrogens with zero attached hydrogens (tertiary/aromatic N) is 5. The highest BCUT2D eigenvalue weighted by molar-refractivity contribution is 7.89. The van der Waals surface area contributed by atoms with Gasteiger partial charge in [-0.15, -0.1) is 5.10 Å². The van der Waals surface area contributed by atoms with Crippen molar-refractivity contribution in [3.63, 3.8) is 0 Å². The van der Waals surface area contributed by atoms with Gasteiger partial charge in [-0.2, -0.15) is 4.31 Å². The molecular weight excluding hydrogens is 528 g/mol. The molecule has 0 unspecified atom stereocenters. The fourth-order valence-corrected chi connectivity index (χ4v) is 6.98. The van der Waals surface area contributed by atoms with Crippen molar-refractivity contribution >= 4 is 27.2 Å². The van der Waals surface area contributed by atoms with Crippen LogP contribution < -0.4 is 5.32 Å². The van der Waals surface area contributed by atoms with Gasteiger partial charge in [-0.25, -0.2) is 17.9 Å². The van der Waals surface area contributed by atoms with Gasteiger partial charge in [0.05, 0.1) is 42.1 Å². The van der Waals surface area contributed by atoms with Crippen LogP contribution in [0, 0.1) is 0 Å². The number of benzene rings is 2. The summed E-state index contributed by atoms with van der Waals surface area (Å²) in [4.78, 5) is 7.05. The first kappa shape index (κ1) is 26.9. The Labute approximate surface area is 234 Å². The summed E-state index contributed by atoms with van der Waals surface area (Å²) < 4.78 is 35.0. The number of anilines is 2. The summed E-state index contributed by atoms with van der Waals surface area (Å²) >= 11 is 0. The van der Waals surface area contributed by atoms with E-state index in [0.717, 1.165) is 54.9 Å². The van der Waals surface area contributed by atoms with E-state index in [1.54, 1.807) is 28.9 Å². The Morgan fingerprint density at radius 1 is 0.975 bits per heavy atom. The van der Waals surface area contributed by atoms with Gasteiger partial charge in [-0.1, -0.05) is 24.3 Å². The molecule has 2 aliphatic heterocycles. The van der Waals surface area contributed by atoms with Crippen LogP contribution in [0.25, 0.3) is 16.8 Å². The molecule has 4 aromatic rings. The number of hydrogen-bond donors (Lipinski definition) is 2. The highest BCUT2D eigenvalue weighted by Gasteiger charge is 2.27. The first-order valence-corrected chi connectivity index (χ1v) is 15.2. The van der Waals surface area contributed by atoms with Gasteiger partial charge in [0, 0.05) is 30.9 Å². The zero-order valence-electron chi connectivity index (χ0n) is 22.3. The maximum Gasteiger partial charge on any atom is 0.245 e. The summed E-state index contributed by atoms with van der Waals surface area (Å²) in [7, 11) is -3.61. The largest absolute Gasteiger partial charge is 0.395 e. The molecule has 2 aromatic carbocycles. The molecule has 40 heavy (non-hydrogen) atoms. The number of sulfonamides is 1. The van der Waals surface area contributed by atoms with E-state index in [0.29, 0.717) is 38.2 Å². The lowest BCUT2D eigenvalue weighted by atomic mass is 9.89. The van der Waals surface area contributed by atoms with E-state index in [-0.39, 0.29) is 11.5 Å². The lowest BCUT2D eigenvalue weighted by molar-refractivity contribution is 0.0730. The van der Waals surface area contributed by atoms with Gasteiger partial charge >= 0.3 is 0 Å². The first-order chi connectivity index (χ1) is 19.5. The monoisotopic (exact) mass is 562 g/mol. The summed E-state index contributed by atoms with van der Waals surface area (Å²) in [6.45, 7) is 4.52. The van der Waals surface area contributed by atoms with Crippen molar-refractivity contribution in [2.45, 2.75) is 23.7 Å². The van der Waals surface area contributed by atoms with Crippen LogP contribution in [-0.2, 0) is 14.8 Å². The number of hydrogen-bond acceptors (Lipinski definition) is 8. The summed E-state index contributed by atoms with van der Waals surface area (Å²) in [5.41, 5.74) is 4.57. The normalized spacial score (nSPS) is 17.8. The van der Waals surface area contributed by atoms with Crippen LogP contribution in [0.2, 0.25) is 0 Å². The average molecular weight is 563 g/mol. The van der Waals surface area contributed by atoms with E-state index in [1.165, 1.54) is 9.87 Å². The van der Waals surface area contributed by atoms with Gasteiger partial charge in [0.2, 0.25) is 16.0 Å². The Morgan fingerprint density at radius 3 is 2.50 bits per heavy atom. The van der Waals surface area contributed by atoms with E-state index >= 15 is 0 Å². The van der Waals surface area contributed by atoms with Crippen molar-refractivity contribution in [2.75, 3.05) is 57.9 Å². The Kier molecular flexibility index (Phi) is 7.81. The van der Waals surface area contributed by atoms with Crippen molar-refractivity contribution in [3.8, 4) is 11.3 Å². The van der Waals surface area contributed by atoms with Crippen LogP contribution in [-0.4, -0.2) is 89.9 Å². The van der Waals surface area contributed by atoms with E-state index in [2.05, 4.69) is 39.5 Å². The SMILES string of the molecule is O=S(=O)(c1cccc(-c2ccc3cnc(Nc4ccc(C5CCN(CCO)CC5)cc4)nn23)c1)N1CCOCC1. The molecule has 6 rings (SSSR count). The highest BCUT2D eigenvalue weighted by Crippen LogP contribution is 2.30. The van der Waals surface area contributed by atoms with Gasteiger partial charge in [-0.3, -0.25) is 0 Å². The summed E-state index contributed by atoms with van der Waals surface area (Å²) in [6.07, 6.45) is 3.94. The Balaban J connectivity index is 1.19. The molecule has 2 aliphatic rings. The average Bonchev–Trinajstić information content (AvgIpc) is 3.42. The van der Waals surface area contributed by atoms with E-state index < -0.39 is 10.0 Å². The predicted molar refractivity (Wildman–Crippen MR) is 153 cm³/mol. The summed E-state index contributed by atoms with van der Waals surface area (Å²) in [5.74, 6) is 0.981. The number of rotatable bonds is 8. The van der Waals surface area contributed by atoms with Gasteiger partial charge in [0.15, 0.2) is 0 Å². The third-order valence-electron chi connectivity index (χ3n) is 7.78. The number of aliphatic hydroxyl groups is 1. The molecule has 2 aromatic heterocycles. The lowest BCUT2D eigenvalue weighted by Crippen LogP contribution is -2.40. The quantitative estimate of drug-likeness (QED) is 0.336. The molecule has 0 bridgehead atoms. The molecule has 0 aliphatic carbocycles. The van der Waals surface area contributed by atoms with Gasteiger partial charge in [0.25, 0.3) is 0 Å². The molecule has 0 amide bonds. The van der Waals surface area contributed by atoms with Crippen LogP contribution in [0.1, 0.15) is 24.3 Å². The van der Waals surface area contributed by atoms with Crippen LogP contribution in [0.3, 0.4) is 0 Å². The predicted octanol–water partition coefficient (Wildman–Crippen LogP) is 3.33. The number of nitrogens with one attached hydrogen (secondary N) is 1. The number of likely N-dealkylation sites (tertiary alicyclic amines) is 1. The third-order valence-corrected chi connectivity index (χ3v) is 9.67. The molecule has 2 fully saturated rings. The smallest absolute Gasteiger partial charge is 0.245 e. The number of ether oxygens (including phenoxy) is 1. The molecule has 10 nitrogen and oxygen atoms in total. The molecule has 4 heterocycles. The fourth-order valence-electron chi connectivity index (χ4n) is 5.53. The number of aromatic nitrogens is 3. The molecule has 2 N–H and O–H groups in total. The van der Waals surface area contributed by atoms with Crippen LogP contribution in [0.4, 0.5) is 11.6 Å². The van der Waals surface area contributed by atoms with Gasteiger partial charge in [0.1, 0.15) is 0 Å². The van der Waals surface area contributed by atoms with Crippen molar-refractivity contribution in [1.29, 1.82) is 0 Å². The number of β-amino-alcohol motifs (C(OH)–C–C–N with tert-alkyl or cyclic N) is 1. The minimum Gasteiger partial charge on any atom is -0.395 e.